The number of hydrogen-bond acceptors (Lipinski definition) is 3. The summed E-state index contributed by atoms with van der Waals surface area (Å²) in [5.41, 5.74) is 0. The number of carboxylic acid groups (broad SMARTS) is 1. The molecule has 0 aromatic heterocycles. The highest BCUT2D eigenvalue weighted by Gasteiger charge is 2.23. The Kier molecular flexibility index (Phi) is 9.68. The zero-order valence-electron chi connectivity index (χ0n) is 14.0. The molecule has 0 aromatic carbocycles. The molecule has 1 atom stereocenters. The molecule has 4 nitrogen and oxygen atoms in total. The van der Waals surface area contributed by atoms with Crippen molar-refractivity contribution in [3.05, 3.63) is 0 Å². The van der Waals surface area contributed by atoms with Gasteiger partial charge >= 0.3 is 5.97 Å². The van der Waals surface area contributed by atoms with Gasteiger partial charge in [0.1, 0.15) is 0 Å². The van der Waals surface area contributed by atoms with Gasteiger partial charge in [-0.25, -0.2) is 0 Å². The van der Waals surface area contributed by atoms with Crippen LogP contribution in [0, 0.1) is 0 Å². The smallest absolute Gasteiger partial charge is 0.304 e. The molecule has 0 saturated carbocycles. The van der Waals surface area contributed by atoms with Crippen molar-refractivity contribution in [1.82, 2.24) is 9.80 Å². The van der Waals surface area contributed by atoms with Gasteiger partial charge in [-0.2, -0.15) is 0 Å². The molecule has 0 amide bonds. The third-order valence-electron chi connectivity index (χ3n) is 4.61. The van der Waals surface area contributed by atoms with Gasteiger partial charge in [0.2, 0.25) is 0 Å². The molecule has 4 heteroatoms. The van der Waals surface area contributed by atoms with Gasteiger partial charge in [-0.05, 0) is 13.5 Å². The summed E-state index contributed by atoms with van der Waals surface area (Å²) in [6.07, 6.45) is 10.4. The number of piperazine rings is 1. The Morgan fingerprint density at radius 2 is 1.57 bits per heavy atom. The quantitative estimate of drug-likeness (QED) is 0.595. The van der Waals surface area contributed by atoms with E-state index in [-0.39, 0.29) is 6.04 Å². The van der Waals surface area contributed by atoms with Crippen molar-refractivity contribution in [2.24, 2.45) is 0 Å². The lowest BCUT2D eigenvalue weighted by Crippen LogP contribution is -2.49. The van der Waals surface area contributed by atoms with Crippen LogP contribution in [0.4, 0.5) is 0 Å². The predicted molar refractivity (Wildman–Crippen MR) is 87.7 cm³/mol. The summed E-state index contributed by atoms with van der Waals surface area (Å²) in [5, 5.41) is 9.13. The second-order valence-electron chi connectivity index (χ2n) is 6.50. The highest BCUT2D eigenvalue weighted by atomic mass is 16.4. The monoisotopic (exact) mass is 298 g/mol. The van der Waals surface area contributed by atoms with Crippen LogP contribution in [0.1, 0.15) is 64.7 Å². The molecule has 0 radical (unpaired) electrons. The molecule has 1 aliphatic rings. The van der Waals surface area contributed by atoms with E-state index in [9.17, 15) is 4.79 Å². The van der Waals surface area contributed by atoms with Gasteiger partial charge in [-0.3, -0.25) is 9.69 Å². The molecule has 124 valence electrons. The molecular weight excluding hydrogens is 264 g/mol. The fourth-order valence-corrected chi connectivity index (χ4v) is 3.14. The lowest BCUT2D eigenvalue weighted by molar-refractivity contribution is -0.138. The van der Waals surface area contributed by atoms with Crippen LogP contribution in [0.15, 0.2) is 0 Å². The van der Waals surface area contributed by atoms with Gasteiger partial charge in [0.15, 0.2) is 0 Å². The number of carboxylic acids is 1. The van der Waals surface area contributed by atoms with Crippen molar-refractivity contribution < 1.29 is 9.90 Å². The number of unbranched alkanes of at least 4 members (excludes halogenated alkanes) is 6. The molecule has 0 bridgehead atoms. The molecular formula is C17H34N2O2. The maximum absolute atomic E-state index is 11.1. The average molecular weight is 298 g/mol. The van der Waals surface area contributed by atoms with Gasteiger partial charge in [-0.15, -0.1) is 0 Å². The summed E-state index contributed by atoms with van der Waals surface area (Å²) in [5.74, 6) is -0.651. The molecule has 1 N–H and O–H groups in total. The zero-order chi connectivity index (χ0) is 15.5. The number of nitrogens with zero attached hydrogens (tertiary/aromatic N) is 2. The Morgan fingerprint density at radius 3 is 2.14 bits per heavy atom. The standard InChI is InChI=1S/C17H34N2O2/c1-3-4-5-6-7-8-9-10-16(15-17(20)21)19-13-11-18(2)12-14-19/h16H,3-15H2,1-2H3,(H,20,21). The first-order valence-corrected chi connectivity index (χ1v) is 8.78. The summed E-state index contributed by atoms with van der Waals surface area (Å²) in [4.78, 5) is 15.8. The predicted octanol–water partition coefficient (Wildman–Crippen LogP) is 3.22. The maximum Gasteiger partial charge on any atom is 0.304 e. The SMILES string of the molecule is CCCCCCCCCC(CC(=O)O)N1CCN(C)CC1. The van der Waals surface area contributed by atoms with Crippen LogP contribution >= 0.6 is 0 Å². The van der Waals surface area contributed by atoms with Crippen LogP contribution in [0.5, 0.6) is 0 Å². The van der Waals surface area contributed by atoms with Gasteiger partial charge in [0.05, 0.1) is 6.42 Å². The molecule has 1 saturated heterocycles. The summed E-state index contributed by atoms with van der Waals surface area (Å²) in [6.45, 7) is 6.41. The molecule has 0 spiro atoms. The first-order valence-electron chi connectivity index (χ1n) is 8.78. The van der Waals surface area contributed by atoms with Crippen LogP contribution in [0.2, 0.25) is 0 Å². The fraction of sp³-hybridized carbons (Fsp3) is 0.941. The molecule has 0 aromatic rings. The minimum absolute atomic E-state index is 0.242. The van der Waals surface area contributed by atoms with E-state index in [0.29, 0.717) is 6.42 Å². The van der Waals surface area contributed by atoms with Crippen LogP contribution in [-0.4, -0.2) is 60.1 Å². The minimum atomic E-state index is -0.651. The Labute approximate surface area is 130 Å². The molecule has 1 rings (SSSR count). The number of hydrogen-bond donors (Lipinski definition) is 1. The van der Waals surface area contributed by atoms with Crippen LogP contribution in [-0.2, 0) is 4.79 Å². The normalized spacial score (nSPS) is 18.8. The minimum Gasteiger partial charge on any atom is -0.481 e. The van der Waals surface area contributed by atoms with E-state index in [1.807, 2.05) is 0 Å². The molecule has 21 heavy (non-hydrogen) atoms. The van der Waals surface area contributed by atoms with E-state index in [1.165, 1.54) is 44.9 Å². The van der Waals surface area contributed by atoms with E-state index in [1.54, 1.807) is 0 Å². The molecule has 0 aliphatic carbocycles. The third kappa shape index (κ3) is 8.42. The molecule has 1 heterocycles. The number of carbonyl (C=O) groups is 1. The van der Waals surface area contributed by atoms with Gasteiger partial charge in [0.25, 0.3) is 0 Å². The Hall–Kier alpha value is -0.610. The van der Waals surface area contributed by atoms with Gasteiger partial charge in [-0.1, -0.05) is 51.9 Å². The summed E-state index contributed by atoms with van der Waals surface area (Å²) >= 11 is 0. The lowest BCUT2D eigenvalue weighted by Gasteiger charge is -2.37. The maximum atomic E-state index is 11.1. The van der Waals surface area contributed by atoms with E-state index in [2.05, 4.69) is 23.8 Å². The van der Waals surface area contributed by atoms with Crippen molar-refractivity contribution in [2.75, 3.05) is 33.2 Å². The number of aliphatic carboxylic acids is 1. The molecule has 1 aliphatic heterocycles. The second kappa shape index (κ2) is 11.0. The number of rotatable bonds is 11. The van der Waals surface area contributed by atoms with Crippen LogP contribution in [0.3, 0.4) is 0 Å². The topological polar surface area (TPSA) is 43.8 Å². The Balaban J connectivity index is 2.22. The Bertz CT molecular complexity index is 276. The fourth-order valence-electron chi connectivity index (χ4n) is 3.14. The van der Waals surface area contributed by atoms with E-state index >= 15 is 0 Å². The second-order valence-corrected chi connectivity index (χ2v) is 6.50. The van der Waals surface area contributed by atoms with E-state index in [0.717, 1.165) is 32.6 Å². The Morgan fingerprint density at radius 1 is 1.00 bits per heavy atom. The largest absolute Gasteiger partial charge is 0.481 e. The van der Waals surface area contributed by atoms with Crippen molar-refractivity contribution in [1.29, 1.82) is 0 Å². The van der Waals surface area contributed by atoms with Crippen molar-refractivity contribution in [3.8, 4) is 0 Å². The van der Waals surface area contributed by atoms with Crippen LogP contribution in [0.25, 0.3) is 0 Å². The molecule has 1 fully saturated rings. The van der Waals surface area contributed by atoms with E-state index in [4.69, 9.17) is 5.11 Å². The zero-order valence-corrected chi connectivity index (χ0v) is 14.0. The molecule has 1 unspecified atom stereocenters. The van der Waals surface area contributed by atoms with Gasteiger partial charge < -0.3 is 10.0 Å². The number of likely N-dealkylation sites (N-methyl/N-ethyl adjacent to an activating group) is 1. The lowest BCUT2D eigenvalue weighted by atomic mass is 10.0. The van der Waals surface area contributed by atoms with Crippen molar-refractivity contribution in [2.45, 2.75) is 70.8 Å². The summed E-state index contributed by atoms with van der Waals surface area (Å²) < 4.78 is 0. The first-order chi connectivity index (χ1) is 10.1. The highest BCUT2D eigenvalue weighted by molar-refractivity contribution is 5.67. The van der Waals surface area contributed by atoms with Crippen molar-refractivity contribution in [3.63, 3.8) is 0 Å². The summed E-state index contributed by atoms with van der Waals surface area (Å²) in [6, 6.07) is 0.242. The average Bonchev–Trinajstić information content (AvgIpc) is 2.45. The van der Waals surface area contributed by atoms with Crippen LogP contribution < -0.4 is 0 Å². The van der Waals surface area contributed by atoms with Crippen molar-refractivity contribution >= 4 is 5.97 Å². The summed E-state index contributed by atoms with van der Waals surface area (Å²) in [7, 11) is 2.14. The van der Waals surface area contributed by atoms with E-state index < -0.39 is 5.97 Å². The highest BCUT2D eigenvalue weighted by Crippen LogP contribution is 2.17. The third-order valence-corrected chi connectivity index (χ3v) is 4.61. The van der Waals surface area contributed by atoms with Gasteiger partial charge in [0, 0.05) is 32.2 Å². The first kappa shape index (κ1) is 18.4.